The van der Waals surface area contributed by atoms with Crippen LogP contribution < -0.4 is 15.0 Å². The van der Waals surface area contributed by atoms with Gasteiger partial charge in [0.2, 0.25) is 0 Å². The summed E-state index contributed by atoms with van der Waals surface area (Å²) in [6.07, 6.45) is 12.5. The molecule has 1 saturated heterocycles. The number of carbonyl (C=O) groups is 1. The van der Waals surface area contributed by atoms with Crippen molar-refractivity contribution in [2.45, 2.75) is 57.5 Å². The van der Waals surface area contributed by atoms with Crippen LogP contribution in [0.3, 0.4) is 0 Å². The van der Waals surface area contributed by atoms with Gasteiger partial charge in [0, 0.05) is 25.7 Å². The van der Waals surface area contributed by atoms with Crippen molar-refractivity contribution >= 4 is 28.3 Å². The Morgan fingerprint density at radius 2 is 1.97 bits per heavy atom. The lowest BCUT2D eigenvalue weighted by atomic mass is 9.92. The number of hydrogen-bond donors (Lipinski definition) is 2. The van der Waals surface area contributed by atoms with E-state index in [0.717, 1.165) is 67.1 Å². The smallest absolute Gasteiger partial charge is 0.152 e. The summed E-state index contributed by atoms with van der Waals surface area (Å²) in [7, 11) is 0. The Balaban J connectivity index is 1.16. The molecule has 1 aromatic carbocycles. The highest BCUT2D eigenvalue weighted by Gasteiger charge is 2.24. The summed E-state index contributed by atoms with van der Waals surface area (Å²) in [5, 5.41) is 4.39. The molecule has 5 rings (SSSR count). The lowest BCUT2D eigenvalue weighted by Gasteiger charge is -2.33. The van der Waals surface area contributed by atoms with Gasteiger partial charge in [-0.05, 0) is 62.6 Å². The van der Waals surface area contributed by atoms with Gasteiger partial charge in [-0.3, -0.25) is 4.79 Å². The molecule has 33 heavy (non-hydrogen) atoms. The fraction of sp³-hybridized carbons (Fsp3) is 0.500. The van der Waals surface area contributed by atoms with E-state index in [-0.39, 0.29) is 5.78 Å². The molecule has 0 amide bonds. The third-order valence-corrected chi connectivity index (χ3v) is 6.88. The van der Waals surface area contributed by atoms with Gasteiger partial charge in [-0.2, -0.15) is 0 Å². The van der Waals surface area contributed by atoms with Crippen LogP contribution in [0.4, 0.5) is 11.5 Å². The van der Waals surface area contributed by atoms with Crippen molar-refractivity contribution in [2.24, 2.45) is 5.92 Å². The first kappa shape index (κ1) is 21.7. The van der Waals surface area contributed by atoms with Gasteiger partial charge < -0.3 is 19.9 Å². The summed E-state index contributed by atoms with van der Waals surface area (Å²) in [6.45, 7) is 2.15. The molecule has 0 unspecified atom stereocenters. The van der Waals surface area contributed by atoms with Crippen molar-refractivity contribution in [1.29, 1.82) is 0 Å². The van der Waals surface area contributed by atoms with E-state index in [4.69, 9.17) is 4.74 Å². The van der Waals surface area contributed by atoms with Crippen LogP contribution in [0.1, 0.15) is 51.4 Å². The first-order chi connectivity index (χ1) is 16.3. The van der Waals surface area contributed by atoms with Gasteiger partial charge in [0.1, 0.15) is 23.5 Å². The maximum atomic E-state index is 12.8. The maximum absolute atomic E-state index is 12.8. The monoisotopic (exact) mass is 447 g/mol. The van der Waals surface area contributed by atoms with Crippen molar-refractivity contribution in [1.82, 2.24) is 15.0 Å². The molecule has 1 aliphatic carbocycles. The second kappa shape index (κ2) is 10.2. The van der Waals surface area contributed by atoms with Crippen LogP contribution in [-0.2, 0) is 4.79 Å². The lowest BCUT2D eigenvalue weighted by Crippen LogP contribution is -2.37. The molecule has 3 aromatic rings. The number of ether oxygens (including phenoxy) is 1. The fourth-order valence-corrected chi connectivity index (χ4v) is 5.20. The molecule has 1 aliphatic heterocycles. The highest BCUT2D eigenvalue weighted by atomic mass is 16.5. The van der Waals surface area contributed by atoms with E-state index in [9.17, 15) is 4.79 Å². The third-order valence-electron chi connectivity index (χ3n) is 6.88. The molecule has 3 heterocycles. The SMILES string of the molecule is O=C(CNc1ccccc1OC1CCCCC1)C[C@@H]1CCCN(c2ncnc3[nH]ccc23)C1. The Labute approximate surface area is 195 Å². The molecule has 0 spiro atoms. The first-order valence-electron chi connectivity index (χ1n) is 12.3. The van der Waals surface area contributed by atoms with E-state index in [1.165, 1.54) is 19.3 Å². The normalized spacial score (nSPS) is 19.5. The molecule has 2 fully saturated rings. The maximum Gasteiger partial charge on any atom is 0.152 e. The number of para-hydroxylation sites is 2. The fourth-order valence-electron chi connectivity index (χ4n) is 5.20. The molecular weight excluding hydrogens is 414 g/mol. The second-order valence-corrected chi connectivity index (χ2v) is 9.36. The summed E-state index contributed by atoms with van der Waals surface area (Å²) in [5.41, 5.74) is 1.77. The van der Waals surface area contributed by atoms with Crippen LogP contribution in [0.5, 0.6) is 5.75 Å². The Morgan fingerprint density at radius 1 is 1.09 bits per heavy atom. The molecule has 7 nitrogen and oxygen atoms in total. The van der Waals surface area contributed by atoms with Crippen LogP contribution in [0.2, 0.25) is 0 Å². The quantitative estimate of drug-likeness (QED) is 0.508. The molecule has 0 radical (unpaired) electrons. The van der Waals surface area contributed by atoms with E-state index < -0.39 is 0 Å². The van der Waals surface area contributed by atoms with Gasteiger partial charge in [-0.1, -0.05) is 18.6 Å². The Kier molecular flexibility index (Phi) is 6.74. The van der Waals surface area contributed by atoms with Crippen molar-refractivity contribution in [3.63, 3.8) is 0 Å². The summed E-state index contributed by atoms with van der Waals surface area (Å²) in [5.74, 6) is 2.40. The topological polar surface area (TPSA) is 83.1 Å². The van der Waals surface area contributed by atoms with Gasteiger partial charge in [0.25, 0.3) is 0 Å². The Bertz CT molecular complexity index is 1080. The Hall–Kier alpha value is -3.09. The summed E-state index contributed by atoms with van der Waals surface area (Å²) in [6, 6.07) is 10.0. The van der Waals surface area contributed by atoms with E-state index >= 15 is 0 Å². The number of aromatic amines is 1. The number of nitrogens with zero attached hydrogens (tertiary/aromatic N) is 3. The van der Waals surface area contributed by atoms with Crippen LogP contribution in [0.25, 0.3) is 11.0 Å². The molecule has 0 bridgehead atoms. The molecular formula is C26H33N5O2. The third kappa shape index (κ3) is 5.29. The van der Waals surface area contributed by atoms with Crippen molar-refractivity contribution in [3.8, 4) is 5.75 Å². The van der Waals surface area contributed by atoms with E-state index in [1.807, 2.05) is 36.5 Å². The average molecular weight is 448 g/mol. The summed E-state index contributed by atoms with van der Waals surface area (Å²) >= 11 is 0. The van der Waals surface area contributed by atoms with Crippen LogP contribution in [0.15, 0.2) is 42.9 Å². The van der Waals surface area contributed by atoms with Gasteiger partial charge in [0.05, 0.1) is 23.7 Å². The molecule has 7 heteroatoms. The number of hydrogen-bond acceptors (Lipinski definition) is 6. The standard InChI is InChI=1S/C26H33N5O2/c32-20(16-28-23-10-4-5-11-24(23)33-21-8-2-1-3-9-21)15-19-7-6-14-31(17-19)26-22-12-13-27-25(22)29-18-30-26/h4-5,10-13,18-19,21,28H,1-3,6-9,14-17H2,(H,27,29,30)/t19-/m0/s1. The highest BCUT2D eigenvalue weighted by Crippen LogP contribution is 2.30. The summed E-state index contributed by atoms with van der Waals surface area (Å²) in [4.78, 5) is 27.1. The van der Waals surface area contributed by atoms with E-state index in [2.05, 4.69) is 25.2 Å². The molecule has 2 N–H and O–H groups in total. The minimum Gasteiger partial charge on any atom is -0.488 e. The minimum atomic E-state index is 0.240. The number of ketones is 1. The number of piperidine rings is 1. The second-order valence-electron chi connectivity index (χ2n) is 9.36. The van der Waals surface area contributed by atoms with Crippen LogP contribution >= 0.6 is 0 Å². The zero-order valence-electron chi connectivity index (χ0n) is 19.1. The number of nitrogens with one attached hydrogen (secondary N) is 2. The number of Topliss-reactive ketones (excluding diaryl/α,β-unsaturated/α-hetero) is 1. The van der Waals surface area contributed by atoms with Gasteiger partial charge in [-0.25, -0.2) is 9.97 Å². The van der Waals surface area contributed by atoms with Crippen LogP contribution in [0, 0.1) is 5.92 Å². The van der Waals surface area contributed by atoms with Crippen molar-refractivity contribution in [3.05, 3.63) is 42.9 Å². The van der Waals surface area contributed by atoms with Crippen molar-refractivity contribution in [2.75, 3.05) is 29.9 Å². The first-order valence-corrected chi connectivity index (χ1v) is 12.3. The predicted octanol–water partition coefficient (Wildman–Crippen LogP) is 4.96. The molecule has 174 valence electrons. The number of carbonyl (C=O) groups excluding carboxylic acids is 1. The zero-order chi connectivity index (χ0) is 22.5. The molecule has 2 aliphatic rings. The van der Waals surface area contributed by atoms with Gasteiger partial charge in [-0.15, -0.1) is 0 Å². The van der Waals surface area contributed by atoms with E-state index in [1.54, 1.807) is 6.33 Å². The number of anilines is 2. The van der Waals surface area contributed by atoms with Gasteiger partial charge >= 0.3 is 0 Å². The number of rotatable bonds is 8. The van der Waals surface area contributed by atoms with Crippen molar-refractivity contribution < 1.29 is 9.53 Å². The molecule has 1 atom stereocenters. The number of benzene rings is 1. The Morgan fingerprint density at radius 3 is 2.88 bits per heavy atom. The number of aromatic nitrogens is 3. The molecule has 2 aromatic heterocycles. The minimum absolute atomic E-state index is 0.240. The zero-order valence-corrected chi connectivity index (χ0v) is 19.1. The number of H-pyrrole nitrogens is 1. The van der Waals surface area contributed by atoms with E-state index in [0.29, 0.717) is 25.0 Å². The largest absolute Gasteiger partial charge is 0.488 e. The summed E-state index contributed by atoms with van der Waals surface area (Å²) < 4.78 is 6.27. The lowest BCUT2D eigenvalue weighted by molar-refractivity contribution is -0.118. The van der Waals surface area contributed by atoms with Crippen LogP contribution in [-0.4, -0.2) is 46.5 Å². The molecule has 1 saturated carbocycles. The highest BCUT2D eigenvalue weighted by molar-refractivity contribution is 5.87. The number of fused-ring (bicyclic) bond motifs is 1. The predicted molar refractivity (Wildman–Crippen MR) is 131 cm³/mol. The average Bonchev–Trinajstić information content (AvgIpc) is 3.33. The van der Waals surface area contributed by atoms with Gasteiger partial charge in [0.15, 0.2) is 5.78 Å².